The maximum atomic E-state index is 13.3. The summed E-state index contributed by atoms with van der Waals surface area (Å²) in [6.07, 6.45) is 2.23. The van der Waals surface area contributed by atoms with Gasteiger partial charge in [0.15, 0.2) is 0 Å². The Labute approximate surface area is 160 Å². The Hall–Kier alpha value is -2.17. The average molecular weight is 365 g/mol. The number of fused-ring (bicyclic) bond motifs is 1. The van der Waals surface area contributed by atoms with Crippen molar-refractivity contribution in [2.45, 2.75) is 37.3 Å². The number of carbonyl (C=O) groups excluding carboxylic acids is 1. The van der Waals surface area contributed by atoms with Gasteiger partial charge in [0.05, 0.1) is 18.8 Å². The summed E-state index contributed by atoms with van der Waals surface area (Å²) in [6, 6.07) is 20.7. The van der Waals surface area contributed by atoms with Crippen molar-refractivity contribution >= 4 is 5.91 Å². The maximum absolute atomic E-state index is 13.3. The third kappa shape index (κ3) is 3.92. The molecule has 1 heterocycles. The summed E-state index contributed by atoms with van der Waals surface area (Å²) < 4.78 is 5.88. The van der Waals surface area contributed by atoms with Gasteiger partial charge in [-0.15, -0.1) is 0 Å². The molecule has 1 amide bonds. The number of nitrogens with zero attached hydrogens (tertiary/aromatic N) is 1. The molecule has 2 aromatic carbocycles. The van der Waals surface area contributed by atoms with Gasteiger partial charge in [-0.2, -0.15) is 0 Å². The van der Waals surface area contributed by atoms with Crippen LogP contribution in [0.3, 0.4) is 0 Å². The van der Waals surface area contributed by atoms with Crippen molar-refractivity contribution in [1.82, 2.24) is 4.90 Å². The molecule has 2 aromatic rings. The van der Waals surface area contributed by atoms with Crippen LogP contribution >= 0.6 is 0 Å². The molecule has 2 aliphatic rings. The summed E-state index contributed by atoms with van der Waals surface area (Å²) in [5, 5.41) is 9.52. The van der Waals surface area contributed by atoms with Crippen molar-refractivity contribution in [2.24, 2.45) is 5.92 Å². The highest BCUT2D eigenvalue weighted by Crippen LogP contribution is 2.36. The molecule has 4 rings (SSSR count). The molecular formula is C23H27NO3. The van der Waals surface area contributed by atoms with Gasteiger partial charge in [0.2, 0.25) is 5.91 Å². The Morgan fingerprint density at radius 2 is 1.67 bits per heavy atom. The van der Waals surface area contributed by atoms with E-state index in [1.54, 1.807) is 0 Å². The van der Waals surface area contributed by atoms with E-state index < -0.39 is 0 Å². The molecular weight excluding hydrogens is 338 g/mol. The van der Waals surface area contributed by atoms with Crippen molar-refractivity contribution < 1.29 is 14.6 Å². The summed E-state index contributed by atoms with van der Waals surface area (Å²) in [4.78, 5) is 15.3. The molecule has 142 valence electrons. The lowest BCUT2D eigenvalue weighted by Crippen LogP contribution is -2.51. The van der Waals surface area contributed by atoms with E-state index in [-0.39, 0.29) is 36.5 Å². The summed E-state index contributed by atoms with van der Waals surface area (Å²) in [7, 11) is 0. The van der Waals surface area contributed by atoms with Crippen LogP contribution < -0.4 is 0 Å². The van der Waals surface area contributed by atoms with Gasteiger partial charge in [-0.3, -0.25) is 4.79 Å². The predicted molar refractivity (Wildman–Crippen MR) is 104 cm³/mol. The fraction of sp³-hybridized carbons (Fsp3) is 0.435. The largest absolute Gasteiger partial charge is 0.396 e. The lowest BCUT2D eigenvalue weighted by Gasteiger charge is -2.38. The number of aliphatic hydroxyl groups is 1. The SMILES string of the molecule is O=C(CC(c1ccccc1)c1ccccc1)N1CCOC2C[C@H](CO)C[C@@H]21. The molecule has 2 fully saturated rings. The molecule has 27 heavy (non-hydrogen) atoms. The highest BCUT2D eigenvalue weighted by atomic mass is 16.5. The van der Waals surface area contributed by atoms with E-state index in [4.69, 9.17) is 4.74 Å². The van der Waals surface area contributed by atoms with Crippen LogP contribution in [0.5, 0.6) is 0 Å². The quantitative estimate of drug-likeness (QED) is 0.885. The summed E-state index contributed by atoms with van der Waals surface area (Å²) in [5.74, 6) is 0.480. The minimum Gasteiger partial charge on any atom is -0.396 e. The molecule has 4 nitrogen and oxygen atoms in total. The van der Waals surface area contributed by atoms with Crippen LogP contribution in [-0.2, 0) is 9.53 Å². The number of morpholine rings is 1. The van der Waals surface area contributed by atoms with Crippen LogP contribution in [0.4, 0.5) is 0 Å². The van der Waals surface area contributed by atoms with Gasteiger partial charge in [-0.05, 0) is 29.9 Å². The normalized spacial score (nSPS) is 24.8. The molecule has 0 aromatic heterocycles. The molecule has 1 saturated heterocycles. The third-order valence-electron chi connectivity index (χ3n) is 6.00. The molecule has 1 aliphatic carbocycles. The zero-order valence-electron chi connectivity index (χ0n) is 15.5. The van der Waals surface area contributed by atoms with Gasteiger partial charge in [0, 0.05) is 25.5 Å². The molecule has 0 radical (unpaired) electrons. The molecule has 1 saturated carbocycles. The van der Waals surface area contributed by atoms with E-state index in [0.717, 1.165) is 12.8 Å². The van der Waals surface area contributed by atoms with Crippen LogP contribution in [0.25, 0.3) is 0 Å². The highest BCUT2D eigenvalue weighted by molar-refractivity contribution is 5.78. The van der Waals surface area contributed by atoms with Crippen molar-refractivity contribution in [3.63, 3.8) is 0 Å². The first-order valence-electron chi connectivity index (χ1n) is 9.88. The van der Waals surface area contributed by atoms with E-state index in [1.165, 1.54) is 11.1 Å². The summed E-state index contributed by atoms with van der Waals surface area (Å²) in [6.45, 7) is 1.41. The van der Waals surface area contributed by atoms with Crippen LogP contribution in [0, 0.1) is 5.92 Å². The number of aliphatic hydroxyl groups excluding tert-OH is 1. The number of hydrogen-bond acceptors (Lipinski definition) is 3. The second-order valence-corrected chi connectivity index (χ2v) is 7.66. The number of ether oxygens (including phenoxy) is 1. The van der Waals surface area contributed by atoms with E-state index in [9.17, 15) is 9.90 Å². The van der Waals surface area contributed by atoms with Gasteiger partial charge < -0.3 is 14.7 Å². The van der Waals surface area contributed by atoms with E-state index >= 15 is 0 Å². The standard InChI is InChI=1S/C23H27NO3/c25-16-17-13-21-22(14-17)27-12-11-24(21)23(26)15-20(18-7-3-1-4-8-18)19-9-5-2-6-10-19/h1-10,17,20-22,25H,11-16H2/t17-,21+,22?/m1/s1. The number of rotatable bonds is 5. The Bertz CT molecular complexity index is 709. The number of benzene rings is 2. The van der Waals surface area contributed by atoms with Gasteiger partial charge in [0.25, 0.3) is 0 Å². The first kappa shape index (κ1) is 18.2. The van der Waals surface area contributed by atoms with E-state index in [2.05, 4.69) is 24.3 Å². The molecule has 3 atom stereocenters. The van der Waals surface area contributed by atoms with E-state index in [1.807, 2.05) is 41.3 Å². The Morgan fingerprint density at radius 3 is 2.26 bits per heavy atom. The zero-order chi connectivity index (χ0) is 18.6. The van der Waals surface area contributed by atoms with Crippen LogP contribution in [0.2, 0.25) is 0 Å². The average Bonchev–Trinajstić information content (AvgIpc) is 3.16. The topological polar surface area (TPSA) is 49.8 Å². The molecule has 1 aliphatic heterocycles. The molecule has 0 spiro atoms. The number of carbonyl (C=O) groups is 1. The highest BCUT2D eigenvalue weighted by Gasteiger charge is 2.42. The minimum absolute atomic E-state index is 0.0521. The second kappa shape index (κ2) is 8.24. The summed E-state index contributed by atoms with van der Waals surface area (Å²) in [5.41, 5.74) is 2.34. The van der Waals surface area contributed by atoms with Gasteiger partial charge in [-0.25, -0.2) is 0 Å². The Morgan fingerprint density at radius 1 is 1.04 bits per heavy atom. The minimum atomic E-state index is 0.0521. The second-order valence-electron chi connectivity index (χ2n) is 7.66. The third-order valence-corrected chi connectivity index (χ3v) is 6.00. The van der Waals surface area contributed by atoms with E-state index in [0.29, 0.717) is 19.6 Å². The first-order valence-corrected chi connectivity index (χ1v) is 9.88. The van der Waals surface area contributed by atoms with Crippen molar-refractivity contribution in [3.8, 4) is 0 Å². The fourth-order valence-corrected chi connectivity index (χ4v) is 4.60. The number of amides is 1. The smallest absolute Gasteiger partial charge is 0.223 e. The first-order chi connectivity index (χ1) is 13.3. The lowest BCUT2D eigenvalue weighted by molar-refractivity contribution is -0.144. The van der Waals surface area contributed by atoms with Gasteiger partial charge >= 0.3 is 0 Å². The zero-order valence-corrected chi connectivity index (χ0v) is 15.5. The van der Waals surface area contributed by atoms with Crippen molar-refractivity contribution in [1.29, 1.82) is 0 Å². The van der Waals surface area contributed by atoms with Crippen molar-refractivity contribution in [3.05, 3.63) is 71.8 Å². The predicted octanol–water partition coefficient (Wildman–Crippen LogP) is 3.21. The van der Waals surface area contributed by atoms with Crippen LogP contribution in [0.15, 0.2) is 60.7 Å². The molecule has 1 unspecified atom stereocenters. The van der Waals surface area contributed by atoms with Crippen LogP contribution in [-0.4, -0.2) is 47.8 Å². The molecule has 0 bridgehead atoms. The van der Waals surface area contributed by atoms with Gasteiger partial charge in [-0.1, -0.05) is 60.7 Å². The molecule has 4 heteroatoms. The fourth-order valence-electron chi connectivity index (χ4n) is 4.60. The maximum Gasteiger partial charge on any atom is 0.223 e. The monoisotopic (exact) mass is 365 g/mol. The van der Waals surface area contributed by atoms with Gasteiger partial charge in [0.1, 0.15) is 0 Å². The van der Waals surface area contributed by atoms with Crippen molar-refractivity contribution in [2.75, 3.05) is 19.8 Å². The summed E-state index contributed by atoms with van der Waals surface area (Å²) >= 11 is 0. The lowest BCUT2D eigenvalue weighted by atomic mass is 9.88. The molecule has 1 N–H and O–H groups in total. The number of hydrogen-bond donors (Lipinski definition) is 1. The Kier molecular flexibility index (Phi) is 5.55. The van der Waals surface area contributed by atoms with Crippen LogP contribution in [0.1, 0.15) is 36.3 Å². The Balaban J connectivity index is 1.55.